The van der Waals surface area contributed by atoms with E-state index >= 15 is 0 Å². The van der Waals surface area contributed by atoms with Crippen LogP contribution < -0.4 is 0 Å². The normalized spacial score (nSPS) is 22.3. The third-order valence-electron chi connectivity index (χ3n) is 0.888. The summed E-state index contributed by atoms with van der Waals surface area (Å²) in [5, 5.41) is 0. The molecule has 0 N–H and O–H groups in total. The van der Waals surface area contributed by atoms with Crippen LogP contribution in [-0.4, -0.2) is 19.8 Å². The molecule has 0 atom stereocenters. The van der Waals surface area contributed by atoms with Crippen LogP contribution in [-0.2, 0) is 18.1 Å². The summed E-state index contributed by atoms with van der Waals surface area (Å²) in [6, 6.07) is 0. The first-order valence-corrected chi connectivity index (χ1v) is 4.20. The van der Waals surface area contributed by atoms with Crippen LogP contribution in [0.2, 0.25) is 0 Å². The van der Waals surface area contributed by atoms with Gasteiger partial charge in [-0.15, -0.1) is 6.42 Å². The van der Waals surface area contributed by atoms with Gasteiger partial charge in [0.1, 0.15) is 6.61 Å². The molecule has 0 unspecified atom stereocenters. The van der Waals surface area contributed by atoms with Crippen molar-refractivity contribution in [1.29, 1.82) is 0 Å². The highest BCUT2D eigenvalue weighted by Gasteiger charge is 2.31. The maximum Gasteiger partial charge on any atom is 0.475 e. The molecule has 1 rings (SSSR count). The molecule has 0 aromatic carbocycles. The minimum absolute atomic E-state index is 0.0444. The van der Waals surface area contributed by atoms with Crippen LogP contribution in [0, 0.1) is 12.3 Å². The highest BCUT2D eigenvalue weighted by Crippen LogP contribution is 2.52. The topological polar surface area (TPSA) is 44.8 Å². The van der Waals surface area contributed by atoms with Gasteiger partial charge < -0.3 is 0 Å². The Morgan fingerprint density at radius 3 is 2.70 bits per heavy atom. The second-order valence-corrected chi connectivity index (χ2v) is 3.26. The van der Waals surface area contributed by atoms with E-state index in [1.54, 1.807) is 0 Å². The SMILES string of the molecule is C#CCOP1(=O)OCCO1. The van der Waals surface area contributed by atoms with Crippen LogP contribution in [0.25, 0.3) is 0 Å². The quantitative estimate of drug-likeness (QED) is 0.444. The standard InChI is InChI=1S/C5H7O4P/c1-2-3-7-10(6)8-4-5-9-10/h1H,3-5H2. The fourth-order valence-electron chi connectivity index (χ4n) is 0.526. The smallest absolute Gasteiger partial charge is 0.284 e. The van der Waals surface area contributed by atoms with Gasteiger partial charge in [0, 0.05) is 0 Å². The lowest BCUT2D eigenvalue weighted by Gasteiger charge is -2.05. The predicted octanol–water partition coefficient (Wildman–Crippen LogP) is 0.791. The lowest BCUT2D eigenvalue weighted by Crippen LogP contribution is -1.89. The first kappa shape index (κ1) is 7.77. The molecule has 4 nitrogen and oxygen atoms in total. The van der Waals surface area contributed by atoms with E-state index in [2.05, 4.69) is 19.5 Å². The summed E-state index contributed by atoms with van der Waals surface area (Å²) in [4.78, 5) is 0. The van der Waals surface area contributed by atoms with E-state index in [4.69, 9.17) is 6.42 Å². The van der Waals surface area contributed by atoms with Gasteiger partial charge in [-0.2, -0.15) is 0 Å². The zero-order chi connectivity index (χ0) is 7.45. The van der Waals surface area contributed by atoms with Crippen LogP contribution in [0.3, 0.4) is 0 Å². The Hall–Kier alpha value is -0.330. The number of phosphoric ester groups is 1. The summed E-state index contributed by atoms with van der Waals surface area (Å²) in [6.45, 7) is 0.570. The Kier molecular flexibility index (Phi) is 2.47. The first-order chi connectivity index (χ1) is 4.77. The second-order valence-electron chi connectivity index (χ2n) is 1.59. The van der Waals surface area contributed by atoms with Crippen LogP contribution in [0.4, 0.5) is 0 Å². The van der Waals surface area contributed by atoms with Crippen LogP contribution in [0.15, 0.2) is 0 Å². The van der Waals surface area contributed by atoms with Gasteiger partial charge in [0.15, 0.2) is 0 Å². The van der Waals surface area contributed by atoms with Crippen molar-refractivity contribution < 1.29 is 18.1 Å². The van der Waals surface area contributed by atoms with E-state index in [0.717, 1.165) is 0 Å². The zero-order valence-electron chi connectivity index (χ0n) is 5.28. The molecule has 0 spiro atoms. The van der Waals surface area contributed by atoms with Gasteiger partial charge in [0.2, 0.25) is 0 Å². The Morgan fingerprint density at radius 1 is 1.60 bits per heavy atom. The predicted molar refractivity (Wildman–Crippen MR) is 34.3 cm³/mol. The zero-order valence-corrected chi connectivity index (χ0v) is 6.17. The fraction of sp³-hybridized carbons (Fsp3) is 0.600. The average Bonchev–Trinajstić information content (AvgIpc) is 2.33. The minimum atomic E-state index is -3.23. The van der Waals surface area contributed by atoms with Crippen molar-refractivity contribution in [1.82, 2.24) is 0 Å². The number of hydrogen-bond acceptors (Lipinski definition) is 4. The van der Waals surface area contributed by atoms with Gasteiger partial charge in [-0.25, -0.2) is 4.57 Å². The minimum Gasteiger partial charge on any atom is -0.284 e. The average molecular weight is 162 g/mol. The lowest BCUT2D eigenvalue weighted by atomic mass is 10.8. The maximum absolute atomic E-state index is 11.0. The lowest BCUT2D eigenvalue weighted by molar-refractivity contribution is 0.210. The van der Waals surface area contributed by atoms with Gasteiger partial charge in [0.25, 0.3) is 0 Å². The molecule has 56 valence electrons. The maximum atomic E-state index is 11.0. The Labute approximate surface area is 59.1 Å². The Morgan fingerprint density at radius 2 is 2.20 bits per heavy atom. The summed E-state index contributed by atoms with van der Waals surface area (Å²) in [7, 11) is -3.23. The number of phosphoric acid groups is 1. The molecule has 0 aromatic heterocycles. The molecule has 0 radical (unpaired) electrons. The summed E-state index contributed by atoms with van der Waals surface area (Å²) in [5.74, 6) is 2.17. The van der Waals surface area contributed by atoms with Crippen molar-refractivity contribution >= 4 is 7.82 Å². The van der Waals surface area contributed by atoms with Crippen molar-refractivity contribution in [3.63, 3.8) is 0 Å². The highest BCUT2D eigenvalue weighted by atomic mass is 31.2. The van der Waals surface area contributed by atoms with E-state index in [-0.39, 0.29) is 6.61 Å². The van der Waals surface area contributed by atoms with E-state index in [1.807, 2.05) is 0 Å². The van der Waals surface area contributed by atoms with Crippen molar-refractivity contribution in [3.05, 3.63) is 0 Å². The Bertz CT molecular complexity index is 184. The first-order valence-electron chi connectivity index (χ1n) is 2.74. The molecule has 0 aromatic rings. The van der Waals surface area contributed by atoms with E-state index < -0.39 is 7.82 Å². The van der Waals surface area contributed by atoms with Gasteiger partial charge in [0.05, 0.1) is 13.2 Å². The molecule has 10 heavy (non-hydrogen) atoms. The molecule has 1 saturated heterocycles. The number of hydrogen-bond donors (Lipinski definition) is 0. The summed E-state index contributed by atoms with van der Waals surface area (Å²) < 4.78 is 24.9. The van der Waals surface area contributed by atoms with E-state index in [9.17, 15) is 4.57 Å². The van der Waals surface area contributed by atoms with Crippen molar-refractivity contribution in [2.45, 2.75) is 0 Å². The molecule has 1 fully saturated rings. The third kappa shape index (κ3) is 1.83. The second kappa shape index (κ2) is 3.18. The van der Waals surface area contributed by atoms with Gasteiger partial charge in [-0.05, 0) is 0 Å². The monoisotopic (exact) mass is 162 g/mol. The molecular formula is C5H7O4P. The summed E-state index contributed by atoms with van der Waals surface area (Å²) >= 11 is 0. The van der Waals surface area contributed by atoms with Gasteiger partial charge in [-0.3, -0.25) is 13.6 Å². The van der Waals surface area contributed by atoms with Crippen LogP contribution >= 0.6 is 7.82 Å². The molecule has 0 bridgehead atoms. The molecule has 1 heterocycles. The molecule has 5 heteroatoms. The fourth-order valence-corrected chi connectivity index (χ4v) is 1.58. The van der Waals surface area contributed by atoms with Crippen LogP contribution in [0.5, 0.6) is 0 Å². The van der Waals surface area contributed by atoms with Crippen molar-refractivity contribution in [3.8, 4) is 12.3 Å². The number of terminal acetylenes is 1. The molecular weight excluding hydrogens is 155 g/mol. The largest absolute Gasteiger partial charge is 0.475 e. The molecule has 1 aliphatic heterocycles. The van der Waals surface area contributed by atoms with Gasteiger partial charge in [-0.1, -0.05) is 5.92 Å². The Balaban J connectivity index is 2.38. The van der Waals surface area contributed by atoms with Crippen LogP contribution in [0.1, 0.15) is 0 Å². The third-order valence-corrected chi connectivity index (χ3v) is 2.33. The summed E-state index contributed by atoms with van der Waals surface area (Å²) in [5.41, 5.74) is 0. The molecule has 0 aliphatic carbocycles. The van der Waals surface area contributed by atoms with Crippen molar-refractivity contribution in [2.24, 2.45) is 0 Å². The molecule has 0 amide bonds. The van der Waals surface area contributed by atoms with E-state index in [1.165, 1.54) is 0 Å². The number of rotatable bonds is 2. The summed E-state index contributed by atoms with van der Waals surface area (Å²) in [6.07, 6.45) is 4.86. The van der Waals surface area contributed by atoms with E-state index in [0.29, 0.717) is 13.2 Å². The molecule has 0 saturated carbocycles. The van der Waals surface area contributed by atoms with Gasteiger partial charge >= 0.3 is 7.82 Å². The molecule has 1 aliphatic rings. The van der Waals surface area contributed by atoms with Crippen molar-refractivity contribution in [2.75, 3.05) is 19.8 Å². The highest BCUT2D eigenvalue weighted by molar-refractivity contribution is 7.48.